The fourth-order valence-corrected chi connectivity index (χ4v) is 4.70. The first-order valence-electron chi connectivity index (χ1n) is 11.5. The van der Waals surface area contributed by atoms with E-state index in [2.05, 4.69) is 28.9 Å². The van der Waals surface area contributed by atoms with E-state index in [0.29, 0.717) is 18.2 Å². The third-order valence-electron chi connectivity index (χ3n) is 6.62. The molecule has 0 saturated heterocycles. The Morgan fingerprint density at radius 2 is 2.06 bits per heavy atom. The number of aliphatic carboxylic acids is 1. The lowest BCUT2D eigenvalue weighted by atomic mass is 9.96. The van der Waals surface area contributed by atoms with Crippen molar-refractivity contribution in [2.75, 3.05) is 31.8 Å². The van der Waals surface area contributed by atoms with Gasteiger partial charge in [0.1, 0.15) is 11.5 Å². The number of ether oxygens (including phenoxy) is 3. The summed E-state index contributed by atoms with van der Waals surface area (Å²) in [5.74, 6) is 1.12. The number of nitrogens with zero attached hydrogens (tertiary/aromatic N) is 1. The molecule has 7 heteroatoms. The summed E-state index contributed by atoms with van der Waals surface area (Å²) < 4.78 is 17.6. The van der Waals surface area contributed by atoms with Gasteiger partial charge < -0.3 is 29.2 Å². The minimum absolute atomic E-state index is 0.0394. The van der Waals surface area contributed by atoms with E-state index >= 15 is 0 Å². The van der Waals surface area contributed by atoms with E-state index in [1.807, 2.05) is 24.4 Å². The minimum atomic E-state index is -0.991. The standard InChI is InChI=1S/C26H30N2O5/c1-16-11-24(31-2)21(19-7-9-27-26(16)19)13-28-10-8-23(33-14-17-3-4-17)20-6-5-18(12-22(20)28)32-15-25(29)30/h5-7,9,11-12,17,23,27H,3-4,8,10,13-15H2,1-2H3,(H,29,30). The lowest BCUT2D eigenvalue weighted by molar-refractivity contribution is -0.139. The van der Waals surface area contributed by atoms with Crippen LogP contribution in [-0.2, 0) is 16.1 Å². The summed E-state index contributed by atoms with van der Waals surface area (Å²) in [4.78, 5) is 16.7. The number of hydrogen-bond donors (Lipinski definition) is 2. The predicted octanol–water partition coefficient (Wildman–Crippen LogP) is 4.83. The average Bonchev–Trinajstić information content (AvgIpc) is 3.51. The molecule has 1 fully saturated rings. The Morgan fingerprint density at radius 3 is 2.82 bits per heavy atom. The molecule has 0 radical (unpaired) electrons. The highest BCUT2D eigenvalue weighted by Gasteiger charge is 2.30. The van der Waals surface area contributed by atoms with Crippen LogP contribution in [0.5, 0.6) is 11.5 Å². The number of H-pyrrole nitrogens is 1. The second-order valence-corrected chi connectivity index (χ2v) is 9.02. The van der Waals surface area contributed by atoms with Crippen LogP contribution in [0.1, 0.15) is 42.1 Å². The molecule has 1 aliphatic carbocycles. The van der Waals surface area contributed by atoms with Crippen molar-refractivity contribution >= 4 is 22.6 Å². The van der Waals surface area contributed by atoms with Gasteiger partial charge in [0, 0.05) is 53.1 Å². The number of aryl methyl sites for hydroxylation is 1. The van der Waals surface area contributed by atoms with Crippen LogP contribution >= 0.6 is 0 Å². The Morgan fingerprint density at radius 1 is 1.21 bits per heavy atom. The first-order chi connectivity index (χ1) is 16.0. The van der Waals surface area contributed by atoms with Crippen LogP contribution in [0.2, 0.25) is 0 Å². The highest BCUT2D eigenvalue weighted by Crippen LogP contribution is 2.42. The van der Waals surface area contributed by atoms with E-state index in [9.17, 15) is 4.79 Å². The number of methoxy groups -OCH3 is 1. The number of carbonyl (C=O) groups is 1. The molecule has 2 N–H and O–H groups in total. The third-order valence-corrected chi connectivity index (χ3v) is 6.62. The van der Waals surface area contributed by atoms with Gasteiger partial charge in [-0.25, -0.2) is 4.79 Å². The van der Waals surface area contributed by atoms with E-state index in [1.54, 1.807) is 7.11 Å². The van der Waals surface area contributed by atoms with E-state index in [0.717, 1.165) is 58.6 Å². The zero-order valence-corrected chi connectivity index (χ0v) is 19.1. The van der Waals surface area contributed by atoms with Crippen molar-refractivity contribution in [2.24, 2.45) is 5.92 Å². The average molecular weight is 451 g/mol. The SMILES string of the molecule is COc1cc(C)c2[nH]ccc2c1CN1CCC(OCC2CC2)c2ccc(OCC(=O)O)cc21. The second kappa shape index (κ2) is 8.98. The molecule has 174 valence electrons. The van der Waals surface area contributed by atoms with Gasteiger partial charge in [-0.05, 0) is 55.9 Å². The van der Waals surface area contributed by atoms with Crippen molar-refractivity contribution in [1.82, 2.24) is 4.98 Å². The monoisotopic (exact) mass is 450 g/mol. The summed E-state index contributed by atoms with van der Waals surface area (Å²) in [6.45, 7) is 4.01. The molecule has 2 aliphatic rings. The number of carboxylic acids is 1. The van der Waals surface area contributed by atoms with E-state index < -0.39 is 5.97 Å². The Kier molecular flexibility index (Phi) is 5.89. The lowest BCUT2D eigenvalue weighted by Crippen LogP contribution is -2.32. The van der Waals surface area contributed by atoms with Crippen LogP contribution in [0, 0.1) is 12.8 Å². The first-order valence-corrected chi connectivity index (χ1v) is 11.5. The Labute approximate surface area is 193 Å². The molecular formula is C26H30N2O5. The summed E-state index contributed by atoms with van der Waals surface area (Å²) in [6, 6.07) is 9.98. The Balaban J connectivity index is 1.49. The number of carboxylic acid groups (broad SMARTS) is 1. The predicted molar refractivity (Wildman–Crippen MR) is 126 cm³/mol. The van der Waals surface area contributed by atoms with Gasteiger partial charge in [0.25, 0.3) is 0 Å². The van der Waals surface area contributed by atoms with Gasteiger partial charge in [0.2, 0.25) is 0 Å². The normalized spacial score (nSPS) is 17.8. The summed E-state index contributed by atoms with van der Waals surface area (Å²) in [6.07, 6.45) is 5.42. The molecule has 33 heavy (non-hydrogen) atoms. The Hall–Kier alpha value is -3.19. The molecule has 1 aromatic heterocycles. The summed E-state index contributed by atoms with van der Waals surface area (Å²) in [5.41, 5.74) is 5.54. The molecule has 7 nitrogen and oxygen atoms in total. The highest BCUT2D eigenvalue weighted by atomic mass is 16.5. The van der Waals surface area contributed by atoms with E-state index in [4.69, 9.17) is 19.3 Å². The van der Waals surface area contributed by atoms with Crippen molar-refractivity contribution in [3.8, 4) is 11.5 Å². The fourth-order valence-electron chi connectivity index (χ4n) is 4.70. The smallest absolute Gasteiger partial charge is 0.341 e. The van der Waals surface area contributed by atoms with Gasteiger partial charge in [-0.15, -0.1) is 0 Å². The molecule has 0 amide bonds. The Bertz CT molecular complexity index is 1170. The fraction of sp³-hybridized carbons (Fsp3) is 0.423. The van der Waals surface area contributed by atoms with Gasteiger partial charge in [0.15, 0.2) is 6.61 Å². The zero-order chi connectivity index (χ0) is 22.9. The van der Waals surface area contributed by atoms with Crippen LogP contribution in [-0.4, -0.2) is 42.9 Å². The van der Waals surface area contributed by atoms with Crippen LogP contribution in [0.4, 0.5) is 5.69 Å². The molecule has 3 aromatic rings. The third kappa shape index (κ3) is 4.50. The van der Waals surface area contributed by atoms with Gasteiger partial charge in [-0.2, -0.15) is 0 Å². The molecular weight excluding hydrogens is 420 g/mol. The second-order valence-electron chi connectivity index (χ2n) is 9.02. The van der Waals surface area contributed by atoms with Crippen LogP contribution < -0.4 is 14.4 Å². The van der Waals surface area contributed by atoms with Gasteiger partial charge >= 0.3 is 5.97 Å². The van der Waals surface area contributed by atoms with E-state index in [-0.39, 0.29) is 12.7 Å². The molecule has 2 aromatic carbocycles. The largest absolute Gasteiger partial charge is 0.496 e. The number of aromatic nitrogens is 1. The van der Waals surface area contributed by atoms with Gasteiger partial charge in [-0.1, -0.05) is 6.07 Å². The van der Waals surface area contributed by atoms with Crippen molar-refractivity contribution < 1.29 is 24.1 Å². The van der Waals surface area contributed by atoms with Crippen molar-refractivity contribution in [3.05, 3.63) is 53.2 Å². The molecule has 1 aliphatic heterocycles. The van der Waals surface area contributed by atoms with Crippen molar-refractivity contribution in [3.63, 3.8) is 0 Å². The molecule has 0 spiro atoms. The molecule has 1 atom stereocenters. The number of rotatable bonds is 9. The summed E-state index contributed by atoms with van der Waals surface area (Å²) in [7, 11) is 1.71. The topological polar surface area (TPSA) is 84.0 Å². The zero-order valence-electron chi connectivity index (χ0n) is 19.1. The van der Waals surface area contributed by atoms with Crippen LogP contribution in [0.15, 0.2) is 36.5 Å². The molecule has 1 unspecified atom stereocenters. The number of nitrogens with one attached hydrogen (secondary N) is 1. The van der Waals surface area contributed by atoms with Gasteiger partial charge in [-0.3, -0.25) is 0 Å². The van der Waals surface area contributed by atoms with Crippen molar-refractivity contribution in [1.29, 1.82) is 0 Å². The van der Waals surface area contributed by atoms with Gasteiger partial charge in [0.05, 0.1) is 19.8 Å². The number of hydrogen-bond acceptors (Lipinski definition) is 5. The molecule has 5 rings (SSSR count). The summed E-state index contributed by atoms with van der Waals surface area (Å²) >= 11 is 0. The maximum atomic E-state index is 11.0. The van der Waals surface area contributed by atoms with Crippen LogP contribution in [0.25, 0.3) is 10.9 Å². The number of benzene rings is 2. The maximum absolute atomic E-state index is 11.0. The molecule has 1 saturated carbocycles. The van der Waals surface area contributed by atoms with Crippen LogP contribution in [0.3, 0.4) is 0 Å². The minimum Gasteiger partial charge on any atom is -0.496 e. The lowest BCUT2D eigenvalue weighted by Gasteiger charge is -2.36. The highest BCUT2D eigenvalue weighted by molar-refractivity contribution is 5.88. The van der Waals surface area contributed by atoms with E-state index in [1.165, 1.54) is 12.8 Å². The number of anilines is 1. The summed E-state index contributed by atoms with van der Waals surface area (Å²) in [5, 5.41) is 10.2. The maximum Gasteiger partial charge on any atom is 0.341 e. The quantitative estimate of drug-likeness (QED) is 0.486. The van der Waals surface area contributed by atoms with Crippen molar-refractivity contribution in [2.45, 2.75) is 38.8 Å². The molecule has 0 bridgehead atoms. The number of fused-ring (bicyclic) bond motifs is 2. The molecule has 2 heterocycles. The number of aromatic amines is 1. The first kappa shape index (κ1) is 21.6.